The van der Waals surface area contributed by atoms with E-state index >= 15 is 0 Å². The molecule has 1 aromatic rings. The van der Waals surface area contributed by atoms with Crippen LogP contribution in [-0.2, 0) is 9.59 Å². The highest BCUT2D eigenvalue weighted by molar-refractivity contribution is 6.34. The Labute approximate surface area is 127 Å². The molecule has 20 heavy (non-hydrogen) atoms. The van der Waals surface area contributed by atoms with Crippen LogP contribution in [0.15, 0.2) is 24.3 Å². The molecule has 0 aliphatic rings. The molecule has 1 unspecified atom stereocenters. The van der Waals surface area contributed by atoms with E-state index in [-0.39, 0.29) is 0 Å². The van der Waals surface area contributed by atoms with E-state index in [0.29, 0.717) is 28.5 Å². The molecular weight excluding hydrogens is 301 g/mol. The third kappa shape index (κ3) is 5.63. The van der Waals surface area contributed by atoms with Gasteiger partial charge in [0.15, 0.2) is 0 Å². The summed E-state index contributed by atoms with van der Waals surface area (Å²) in [4.78, 5) is 22.6. The van der Waals surface area contributed by atoms with Crippen LogP contribution < -0.4 is 5.32 Å². The lowest BCUT2D eigenvalue weighted by Crippen LogP contribution is -2.39. The van der Waals surface area contributed by atoms with Crippen molar-refractivity contribution < 1.29 is 14.7 Å². The fourth-order valence-electron chi connectivity index (χ4n) is 1.61. The summed E-state index contributed by atoms with van der Waals surface area (Å²) in [5.74, 6) is -1.51. The maximum absolute atomic E-state index is 11.6. The van der Waals surface area contributed by atoms with Crippen LogP contribution in [0, 0.1) is 0 Å². The van der Waals surface area contributed by atoms with Crippen molar-refractivity contribution in [3.05, 3.63) is 39.9 Å². The third-order valence-electron chi connectivity index (χ3n) is 2.50. The van der Waals surface area contributed by atoms with E-state index in [4.69, 9.17) is 28.3 Å². The molecule has 4 nitrogen and oxygen atoms in total. The largest absolute Gasteiger partial charge is 0.480 e. The van der Waals surface area contributed by atoms with Crippen molar-refractivity contribution >= 4 is 41.2 Å². The van der Waals surface area contributed by atoms with Crippen molar-refractivity contribution in [2.45, 2.75) is 25.8 Å². The third-order valence-corrected chi connectivity index (χ3v) is 2.94. The van der Waals surface area contributed by atoms with Gasteiger partial charge in [0.05, 0.1) is 0 Å². The molecule has 1 amide bonds. The summed E-state index contributed by atoms with van der Waals surface area (Å²) in [6.07, 6.45) is 3.84. The second kappa shape index (κ2) is 7.92. The highest BCUT2D eigenvalue weighted by Crippen LogP contribution is 2.19. The number of hydrogen-bond acceptors (Lipinski definition) is 2. The van der Waals surface area contributed by atoms with Gasteiger partial charge in [-0.25, -0.2) is 4.79 Å². The van der Waals surface area contributed by atoms with E-state index in [1.54, 1.807) is 18.2 Å². The predicted octanol–water partition coefficient (Wildman–Crippen LogP) is 3.38. The standard InChI is InChI=1S/C14H15Cl2NO3/c1-2-3-12(14(19)20)17-13(18)5-4-9-6-10(15)8-11(16)7-9/h4-8,12H,2-3H2,1H3,(H,17,18)(H,19,20)/b5-4+. The van der Waals surface area contributed by atoms with Crippen molar-refractivity contribution in [2.24, 2.45) is 0 Å². The first-order valence-corrected chi connectivity index (χ1v) is 6.85. The van der Waals surface area contributed by atoms with Gasteiger partial charge in [0.2, 0.25) is 5.91 Å². The van der Waals surface area contributed by atoms with E-state index < -0.39 is 17.9 Å². The lowest BCUT2D eigenvalue weighted by atomic mass is 10.1. The predicted molar refractivity (Wildman–Crippen MR) is 80.0 cm³/mol. The molecule has 0 aliphatic carbocycles. The molecule has 0 saturated heterocycles. The van der Waals surface area contributed by atoms with Crippen molar-refractivity contribution in [3.63, 3.8) is 0 Å². The lowest BCUT2D eigenvalue weighted by molar-refractivity contribution is -0.141. The summed E-state index contributed by atoms with van der Waals surface area (Å²) in [5, 5.41) is 12.3. The summed E-state index contributed by atoms with van der Waals surface area (Å²) < 4.78 is 0. The summed E-state index contributed by atoms with van der Waals surface area (Å²) in [6.45, 7) is 1.85. The Morgan fingerprint density at radius 2 is 1.90 bits per heavy atom. The van der Waals surface area contributed by atoms with Gasteiger partial charge in [0.25, 0.3) is 0 Å². The maximum Gasteiger partial charge on any atom is 0.326 e. The molecule has 1 rings (SSSR count). The summed E-state index contributed by atoms with van der Waals surface area (Å²) >= 11 is 11.7. The van der Waals surface area contributed by atoms with Gasteiger partial charge in [0, 0.05) is 16.1 Å². The monoisotopic (exact) mass is 315 g/mol. The molecule has 2 N–H and O–H groups in total. The van der Waals surface area contributed by atoms with E-state index in [1.165, 1.54) is 12.2 Å². The number of rotatable bonds is 6. The molecule has 108 valence electrons. The van der Waals surface area contributed by atoms with E-state index in [2.05, 4.69) is 5.32 Å². The Hall–Kier alpha value is -1.52. The van der Waals surface area contributed by atoms with E-state index in [1.807, 2.05) is 6.92 Å². The highest BCUT2D eigenvalue weighted by atomic mass is 35.5. The van der Waals surface area contributed by atoms with E-state index in [9.17, 15) is 9.59 Å². The molecule has 0 saturated carbocycles. The number of carboxylic acid groups (broad SMARTS) is 1. The summed E-state index contributed by atoms with van der Waals surface area (Å²) in [5.41, 5.74) is 0.667. The van der Waals surface area contributed by atoms with Crippen molar-refractivity contribution in [3.8, 4) is 0 Å². The topological polar surface area (TPSA) is 66.4 Å². The van der Waals surface area contributed by atoms with Gasteiger partial charge in [0.1, 0.15) is 6.04 Å². The van der Waals surface area contributed by atoms with Crippen LogP contribution in [0.1, 0.15) is 25.3 Å². The average Bonchev–Trinajstić information content (AvgIpc) is 2.34. The number of benzene rings is 1. The van der Waals surface area contributed by atoms with Gasteiger partial charge in [-0.15, -0.1) is 0 Å². The van der Waals surface area contributed by atoms with Crippen LogP contribution >= 0.6 is 23.2 Å². The minimum atomic E-state index is -1.04. The number of carbonyl (C=O) groups is 2. The zero-order valence-electron chi connectivity index (χ0n) is 10.9. The molecule has 0 aromatic heterocycles. The van der Waals surface area contributed by atoms with Crippen LogP contribution in [-0.4, -0.2) is 23.0 Å². The molecule has 0 fully saturated rings. The van der Waals surface area contributed by atoms with Crippen LogP contribution in [0.5, 0.6) is 0 Å². The first-order valence-electron chi connectivity index (χ1n) is 6.10. The molecule has 0 aliphatic heterocycles. The molecule has 0 heterocycles. The number of hydrogen-bond donors (Lipinski definition) is 2. The summed E-state index contributed by atoms with van der Waals surface area (Å²) in [7, 11) is 0. The number of amides is 1. The number of nitrogens with one attached hydrogen (secondary N) is 1. The minimum Gasteiger partial charge on any atom is -0.480 e. The van der Waals surface area contributed by atoms with E-state index in [0.717, 1.165) is 0 Å². The maximum atomic E-state index is 11.6. The average molecular weight is 316 g/mol. The zero-order chi connectivity index (χ0) is 15.1. The number of aliphatic carboxylic acids is 1. The quantitative estimate of drug-likeness (QED) is 0.791. The first kappa shape index (κ1) is 16.5. The SMILES string of the molecule is CCCC(NC(=O)/C=C/c1cc(Cl)cc(Cl)c1)C(=O)O. The van der Waals surface area contributed by atoms with Gasteiger partial charge in [-0.3, -0.25) is 4.79 Å². The zero-order valence-corrected chi connectivity index (χ0v) is 12.4. The molecule has 1 aromatic carbocycles. The Morgan fingerprint density at radius 1 is 1.30 bits per heavy atom. The normalized spacial score (nSPS) is 12.3. The lowest BCUT2D eigenvalue weighted by Gasteiger charge is -2.11. The molecule has 6 heteroatoms. The Kier molecular flexibility index (Phi) is 6.55. The van der Waals surface area contributed by atoms with Crippen molar-refractivity contribution in [1.82, 2.24) is 5.32 Å². The second-order valence-electron chi connectivity index (χ2n) is 4.22. The first-order chi connectivity index (χ1) is 9.42. The van der Waals surface area contributed by atoms with Gasteiger partial charge in [-0.1, -0.05) is 36.5 Å². The number of halogens is 2. The van der Waals surface area contributed by atoms with Gasteiger partial charge in [-0.05, 0) is 36.3 Å². The van der Waals surface area contributed by atoms with Crippen molar-refractivity contribution in [1.29, 1.82) is 0 Å². The van der Waals surface area contributed by atoms with Crippen LogP contribution in [0.3, 0.4) is 0 Å². The molecule has 0 spiro atoms. The smallest absolute Gasteiger partial charge is 0.326 e. The Morgan fingerprint density at radius 3 is 2.40 bits per heavy atom. The van der Waals surface area contributed by atoms with Crippen LogP contribution in [0.25, 0.3) is 6.08 Å². The second-order valence-corrected chi connectivity index (χ2v) is 5.10. The van der Waals surface area contributed by atoms with Gasteiger partial charge < -0.3 is 10.4 Å². The summed E-state index contributed by atoms with van der Waals surface area (Å²) in [6, 6.07) is 4.01. The molecule has 0 bridgehead atoms. The number of carbonyl (C=O) groups excluding carboxylic acids is 1. The van der Waals surface area contributed by atoms with Gasteiger partial charge in [-0.2, -0.15) is 0 Å². The fourth-order valence-corrected chi connectivity index (χ4v) is 2.15. The minimum absolute atomic E-state index is 0.387. The van der Waals surface area contributed by atoms with Crippen LogP contribution in [0.4, 0.5) is 0 Å². The highest BCUT2D eigenvalue weighted by Gasteiger charge is 2.17. The van der Waals surface area contributed by atoms with Crippen molar-refractivity contribution in [2.75, 3.05) is 0 Å². The Balaban J connectivity index is 2.69. The van der Waals surface area contributed by atoms with Crippen LogP contribution in [0.2, 0.25) is 10.0 Å². The Bertz CT molecular complexity index is 509. The molecule has 1 atom stereocenters. The fraction of sp³-hybridized carbons (Fsp3) is 0.286. The number of carboxylic acids is 1. The molecular formula is C14H15Cl2NO3. The van der Waals surface area contributed by atoms with Gasteiger partial charge >= 0.3 is 5.97 Å². The molecule has 0 radical (unpaired) electrons.